The van der Waals surface area contributed by atoms with Crippen molar-refractivity contribution in [1.82, 2.24) is 0 Å². The van der Waals surface area contributed by atoms with E-state index in [0.717, 1.165) is 25.7 Å². The van der Waals surface area contributed by atoms with Gasteiger partial charge in [0.2, 0.25) is 0 Å². The standard InChI is InChI=1S/C23H30O5/c1-17-8-9-20(16-28-18(2)24)21(22(25)26-4)7-5-6-12-23(17,3)13-10-19-11-14-27-15-19/h5-7,11,14-17H,8-10,12-13H2,1-4H3/b6-5-,20-16-,21-7+/t17-,23+/m1/s1. The summed E-state index contributed by atoms with van der Waals surface area (Å²) in [4.78, 5) is 23.5. The Labute approximate surface area is 167 Å². The zero-order valence-electron chi connectivity index (χ0n) is 17.2. The third-order valence-electron chi connectivity index (χ3n) is 5.70. The van der Waals surface area contributed by atoms with Gasteiger partial charge in [-0.25, -0.2) is 4.79 Å². The maximum atomic E-state index is 12.2. The number of hydrogen-bond acceptors (Lipinski definition) is 5. The van der Waals surface area contributed by atoms with E-state index in [4.69, 9.17) is 13.9 Å². The summed E-state index contributed by atoms with van der Waals surface area (Å²) in [5.74, 6) is -0.442. The minimum absolute atomic E-state index is 0.108. The van der Waals surface area contributed by atoms with E-state index < -0.39 is 11.9 Å². The van der Waals surface area contributed by atoms with Crippen molar-refractivity contribution >= 4 is 11.9 Å². The summed E-state index contributed by atoms with van der Waals surface area (Å²) in [5, 5.41) is 0. The Morgan fingerprint density at radius 2 is 2.18 bits per heavy atom. The minimum atomic E-state index is -0.431. The van der Waals surface area contributed by atoms with Crippen molar-refractivity contribution < 1.29 is 23.5 Å². The van der Waals surface area contributed by atoms with Gasteiger partial charge < -0.3 is 13.9 Å². The number of ether oxygens (including phenoxy) is 2. The van der Waals surface area contributed by atoms with Gasteiger partial charge in [0.05, 0.1) is 31.5 Å². The SMILES string of the molecule is COC(=O)/C1=C/C=C\C[C@@](C)(CCc2ccoc2)[C@H](C)CC\C1=C\OC(C)=O. The van der Waals surface area contributed by atoms with Crippen LogP contribution < -0.4 is 0 Å². The van der Waals surface area contributed by atoms with Gasteiger partial charge in [0.25, 0.3) is 0 Å². The van der Waals surface area contributed by atoms with Crippen LogP contribution in [0.4, 0.5) is 0 Å². The molecule has 2 atom stereocenters. The Balaban J connectivity index is 2.25. The molecule has 0 saturated heterocycles. The van der Waals surface area contributed by atoms with Crippen LogP contribution in [-0.4, -0.2) is 19.0 Å². The van der Waals surface area contributed by atoms with E-state index in [1.54, 1.807) is 18.6 Å². The van der Waals surface area contributed by atoms with E-state index in [1.807, 2.05) is 12.1 Å². The molecule has 0 spiro atoms. The highest BCUT2D eigenvalue weighted by molar-refractivity contribution is 5.93. The molecule has 1 aliphatic carbocycles. The molecule has 0 saturated carbocycles. The molecule has 152 valence electrons. The molecule has 5 heteroatoms. The van der Waals surface area contributed by atoms with Gasteiger partial charge >= 0.3 is 11.9 Å². The summed E-state index contributed by atoms with van der Waals surface area (Å²) in [6, 6.07) is 2.01. The zero-order chi connectivity index (χ0) is 20.6. The Bertz CT molecular complexity index is 754. The second-order valence-corrected chi connectivity index (χ2v) is 7.68. The summed E-state index contributed by atoms with van der Waals surface area (Å²) in [6.45, 7) is 5.90. The Morgan fingerprint density at radius 1 is 1.39 bits per heavy atom. The molecular weight excluding hydrogens is 356 g/mol. The number of methoxy groups -OCH3 is 1. The van der Waals surface area contributed by atoms with E-state index in [2.05, 4.69) is 19.9 Å². The fraction of sp³-hybridized carbons (Fsp3) is 0.478. The van der Waals surface area contributed by atoms with E-state index in [0.29, 0.717) is 23.5 Å². The number of rotatable bonds is 5. The molecule has 28 heavy (non-hydrogen) atoms. The minimum Gasteiger partial charge on any atom is -0.472 e. The van der Waals surface area contributed by atoms with Gasteiger partial charge in [0, 0.05) is 12.5 Å². The van der Waals surface area contributed by atoms with Gasteiger partial charge in [-0.1, -0.05) is 26.0 Å². The molecule has 0 aliphatic heterocycles. The molecular formula is C23H30O5. The number of allylic oxidation sites excluding steroid dienone is 3. The van der Waals surface area contributed by atoms with E-state index >= 15 is 0 Å². The van der Waals surface area contributed by atoms with Crippen LogP contribution in [0.2, 0.25) is 0 Å². The number of hydrogen-bond donors (Lipinski definition) is 0. The molecule has 0 radical (unpaired) electrons. The van der Waals surface area contributed by atoms with E-state index in [-0.39, 0.29) is 5.41 Å². The lowest BCUT2D eigenvalue weighted by Crippen LogP contribution is -2.26. The number of esters is 2. The third-order valence-corrected chi connectivity index (χ3v) is 5.70. The van der Waals surface area contributed by atoms with Crippen LogP contribution in [0.1, 0.15) is 52.0 Å². The molecule has 0 N–H and O–H groups in total. The molecule has 0 unspecified atom stereocenters. The quantitative estimate of drug-likeness (QED) is 0.518. The second kappa shape index (κ2) is 10.1. The monoisotopic (exact) mass is 386 g/mol. The maximum absolute atomic E-state index is 12.2. The van der Waals surface area contributed by atoms with Crippen molar-refractivity contribution in [2.24, 2.45) is 11.3 Å². The van der Waals surface area contributed by atoms with Crippen molar-refractivity contribution in [1.29, 1.82) is 0 Å². The molecule has 0 fully saturated rings. The first-order chi connectivity index (χ1) is 13.4. The highest BCUT2D eigenvalue weighted by Crippen LogP contribution is 2.40. The maximum Gasteiger partial charge on any atom is 0.338 e. The molecule has 0 aromatic carbocycles. The molecule has 5 nitrogen and oxygen atoms in total. The highest BCUT2D eigenvalue weighted by Gasteiger charge is 2.31. The number of carbonyl (C=O) groups is 2. The molecule has 0 amide bonds. The normalized spacial score (nSPS) is 27.5. The third kappa shape index (κ3) is 5.98. The lowest BCUT2D eigenvalue weighted by Gasteiger charge is -2.36. The van der Waals surface area contributed by atoms with Gasteiger partial charge in [-0.2, -0.15) is 0 Å². The number of aryl methyl sites for hydroxylation is 1. The molecule has 1 aliphatic rings. The second-order valence-electron chi connectivity index (χ2n) is 7.68. The summed E-state index contributed by atoms with van der Waals surface area (Å²) in [6.07, 6.45) is 15.0. The average Bonchev–Trinajstić information content (AvgIpc) is 3.19. The van der Waals surface area contributed by atoms with Gasteiger partial charge in [-0.3, -0.25) is 4.79 Å². The largest absolute Gasteiger partial charge is 0.472 e. The van der Waals surface area contributed by atoms with Crippen LogP contribution >= 0.6 is 0 Å². The predicted molar refractivity (Wildman–Crippen MR) is 107 cm³/mol. The Morgan fingerprint density at radius 3 is 2.82 bits per heavy atom. The van der Waals surface area contributed by atoms with Crippen molar-refractivity contribution in [3.05, 3.63) is 59.8 Å². The predicted octanol–water partition coefficient (Wildman–Crippen LogP) is 5.14. The van der Waals surface area contributed by atoms with Gasteiger partial charge in [-0.15, -0.1) is 0 Å². The fourth-order valence-corrected chi connectivity index (χ4v) is 3.46. The van der Waals surface area contributed by atoms with Crippen molar-refractivity contribution in [2.75, 3.05) is 7.11 Å². The highest BCUT2D eigenvalue weighted by atomic mass is 16.5. The van der Waals surface area contributed by atoms with Crippen LogP contribution in [0.15, 0.2) is 58.6 Å². The first-order valence-electron chi connectivity index (χ1n) is 9.68. The van der Waals surface area contributed by atoms with Crippen molar-refractivity contribution in [2.45, 2.75) is 52.9 Å². The molecule has 0 bridgehead atoms. The molecule has 1 heterocycles. The summed E-state index contributed by atoms with van der Waals surface area (Å²) < 4.78 is 15.2. The van der Waals surface area contributed by atoms with Crippen LogP contribution in [0.3, 0.4) is 0 Å². The molecule has 2 rings (SSSR count). The Hall–Kier alpha value is -2.56. The van der Waals surface area contributed by atoms with E-state index in [1.165, 1.54) is 25.9 Å². The van der Waals surface area contributed by atoms with Crippen LogP contribution in [-0.2, 0) is 25.5 Å². The smallest absolute Gasteiger partial charge is 0.338 e. The first-order valence-corrected chi connectivity index (χ1v) is 9.68. The molecule has 1 aromatic heterocycles. The van der Waals surface area contributed by atoms with Crippen molar-refractivity contribution in [3.63, 3.8) is 0 Å². The molecule has 1 aromatic rings. The average molecular weight is 386 g/mol. The zero-order valence-corrected chi connectivity index (χ0v) is 17.2. The van der Waals surface area contributed by atoms with Crippen LogP contribution in [0.5, 0.6) is 0 Å². The van der Waals surface area contributed by atoms with Gasteiger partial charge in [0.1, 0.15) is 0 Å². The van der Waals surface area contributed by atoms with Crippen LogP contribution in [0.25, 0.3) is 0 Å². The summed E-state index contributed by atoms with van der Waals surface area (Å²) in [5.41, 5.74) is 2.42. The van der Waals surface area contributed by atoms with Crippen LogP contribution in [0, 0.1) is 11.3 Å². The summed E-state index contributed by atoms with van der Waals surface area (Å²) in [7, 11) is 1.35. The van der Waals surface area contributed by atoms with Gasteiger partial charge in [0.15, 0.2) is 0 Å². The first kappa shape index (κ1) is 21.7. The number of furan rings is 1. The Kier molecular flexibility index (Phi) is 7.85. The lowest BCUT2D eigenvalue weighted by molar-refractivity contribution is -0.137. The van der Waals surface area contributed by atoms with E-state index in [9.17, 15) is 9.59 Å². The fourth-order valence-electron chi connectivity index (χ4n) is 3.46. The number of carbonyl (C=O) groups excluding carboxylic acids is 2. The lowest BCUT2D eigenvalue weighted by atomic mass is 9.69. The topological polar surface area (TPSA) is 65.7 Å². The van der Waals surface area contributed by atoms with Gasteiger partial charge in [-0.05, 0) is 61.1 Å². The summed E-state index contributed by atoms with van der Waals surface area (Å²) >= 11 is 0. The van der Waals surface area contributed by atoms with Crippen molar-refractivity contribution in [3.8, 4) is 0 Å².